The number of nitrogens with one attached hydrogen (secondary N) is 1. The Labute approximate surface area is 124 Å². The molecule has 0 saturated heterocycles. The van der Waals surface area contributed by atoms with Gasteiger partial charge in [-0.1, -0.05) is 13.8 Å². The SMILES string of the molecule is CCC(CC)NC(=O)C(C)S(=O)(=O)c1ccc(N)cc1F. The van der Waals surface area contributed by atoms with Gasteiger partial charge in [-0.3, -0.25) is 4.79 Å². The molecule has 0 bridgehead atoms. The molecule has 1 amide bonds. The van der Waals surface area contributed by atoms with E-state index in [9.17, 15) is 17.6 Å². The summed E-state index contributed by atoms with van der Waals surface area (Å²) in [7, 11) is -4.09. The zero-order valence-electron chi connectivity index (χ0n) is 12.4. The fourth-order valence-electron chi connectivity index (χ4n) is 1.89. The predicted octanol–water partition coefficient (Wildman–Crippen LogP) is 1.87. The van der Waals surface area contributed by atoms with Crippen LogP contribution in [0.25, 0.3) is 0 Å². The number of hydrogen-bond acceptors (Lipinski definition) is 4. The summed E-state index contributed by atoms with van der Waals surface area (Å²) in [6, 6.07) is 3.22. The van der Waals surface area contributed by atoms with Crippen molar-refractivity contribution in [2.24, 2.45) is 0 Å². The minimum absolute atomic E-state index is 0.0913. The Morgan fingerprint density at radius 1 is 1.33 bits per heavy atom. The van der Waals surface area contributed by atoms with Crippen LogP contribution in [0, 0.1) is 5.82 Å². The van der Waals surface area contributed by atoms with Gasteiger partial charge in [0.05, 0.1) is 0 Å². The van der Waals surface area contributed by atoms with Crippen molar-refractivity contribution in [1.82, 2.24) is 5.32 Å². The first-order valence-electron chi connectivity index (χ1n) is 6.83. The smallest absolute Gasteiger partial charge is 0.238 e. The van der Waals surface area contributed by atoms with E-state index in [1.165, 1.54) is 13.0 Å². The number of halogens is 1. The molecule has 1 aromatic carbocycles. The van der Waals surface area contributed by atoms with Crippen LogP contribution in [0.15, 0.2) is 23.1 Å². The van der Waals surface area contributed by atoms with Gasteiger partial charge in [-0.05, 0) is 38.0 Å². The average Bonchev–Trinajstić information content (AvgIpc) is 2.43. The van der Waals surface area contributed by atoms with Gasteiger partial charge in [-0.2, -0.15) is 0 Å². The molecular weight excluding hydrogens is 295 g/mol. The number of carbonyl (C=O) groups is 1. The molecule has 0 spiro atoms. The minimum atomic E-state index is -4.09. The van der Waals surface area contributed by atoms with Crippen molar-refractivity contribution in [2.45, 2.75) is 49.8 Å². The molecule has 1 atom stereocenters. The Morgan fingerprint density at radius 3 is 2.38 bits per heavy atom. The van der Waals surface area contributed by atoms with Crippen LogP contribution in [-0.4, -0.2) is 25.6 Å². The Balaban J connectivity index is 3.04. The molecule has 0 aliphatic heterocycles. The van der Waals surface area contributed by atoms with Crippen LogP contribution in [0.2, 0.25) is 0 Å². The topological polar surface area (TPSA) is 89.3 Å². The van der Waals surface area contributed by atoms with Crippen LogP contribution in [-0.2, 0) is 14.6 Å². The van der Waals surface area contributed by atoms with Crippen molar-refractivity contribution in [2.75, 3.05) is 5.73 Å². The normalized spacial score (nSPS) is 13.2. The second-order valence-electron chi connectivity index (χ2n) is 4.90. The lowest BCUT2D eigenvalue weighted by Gasteiger charge is -2.19. The quantitative estimate of drug-likeness (QED) is 0.784. The van der Waals surface area contributed by atoms with E-state index in [2.05, 4.69) is 5.32 Å². The molecule has 1 rings (SSSR count). The zero-order valence-corrected chi connectivity index (χ0v) is 13.2. The van der Waals surface area contributed by atoms with Gasteiger partial charge in [-0.25, -0.2) is 12.8 Å². The molecule has 0 radical (unpaired) electrons. The van der Waals surface area contributed by atoms with Crippen molar-refractivity contribution < 1.29 is 17.6 Å². The van der Waals surface area contributed by atoms with Gasteiger partial charge < -0.3 is 11.1 Å². The van der Waals surface area contributed by atoms with Crippen molar-refractivity contribution in [3.8, 4) is 0 Å². The van der Waals surface area contributed by atoms with Crippen LogP contribution in [0.1, 0.15) is 33.6 Å². The molecule has 1 aromatic rings. The van der Waals surface area contributed by atoms with Gasteiger partial charge in [0.15, 0.2) is 9.84 Å². The molecule has 7 heteroatoms. The first-order valence-corrected chi connectivity index (χ1v) is 8.37. The predicted molar refractivity (Wildman–Crippen MR) is 80.0 cm³/mol. The second-order valence-corrected chi connectivity index (χ2v) is 7.14. The molecule has 0 aliphatic carbocycles. The van der Waals surface area contributed by atoms with E-state index in [1.54, 1.807) is 0 Å². The van der Waals surface area contributed by atoms with E-state index in [0.29, 0.717) is 12.8 Å². The van der Waals surface area contributed by atoms with Crippen LogP contribution in [0.3, 0.4) is 0 Å². The maximum absolute atomic E-state index is 13.8. The largest absolute Gasteiger partial charge is 0.399 e. The summed E-state index contributed by atoms with van der Waals surface area (Å²) in [5, 5.41) is 1.29. The number of rotatable bonds is 6. The van der Waals surface area contributed by atoms with E-state index < -0.39 is 31.7 Å². The number of benzene rings is 1. The molecule has 0 aromatic heterocycles. The van der Waals surface area contributed by atoms with Crippen molar-refractivity contribution in [3.05, 3.63) is 24.0 Å². The third kappa shape index (κ3) is 3.93. The molecule has 21 heavy (non-hydrogen) atoms. The van der Waals surface area contributed by atoms with E-state index >= 15 is 0 Å². The Bertz CT molecular complexity index is 613. The molecular formula is C14H21FN2O3S. The highest BCUT2D eigenvalue weighted by Gasteiger charge is 2.32. The van der Waals surface area contributed by atoms with Crippen LogP contribution in [0.5, 0.6) is 0 Å². The standard InChI is InChI=1S/C14H21FN2O3S/c1-4-11(5-2)17-14(18)9(3)21(19,20)13-7-6-10(16)8-12(13)15/h6-9,11H,4-5,16H2,1-3H3,(H,17,18). The van der Waals surface area contributed by atoms with Crippen molar-refractivity contribution in [1.29, 1.82) is 0 Å². The molecule has 3 N–H and O–H groups in total. The summed E-state index contributed by atoms with van der Waals surface area (Å²) in [5.74, 6) is -1.57. The maximum Gasteiger partial charge on any atom is 0.238 e. The Morgan fingerprint density at radius 2 is 1.90 bits per heavy atom. The number of nitrogen functional groups attached to an aromatic ring is 1. The lowest BCUT2D eigenvalue weighted by Crippen LogP contribution is -2.43. The number of hydrogen-bond donors (Lipinski definition) is 2. The van der Waals surface area contributed by atoms with Crippen molar-refractivity contribution in [3.63, 3.8) is 0 Å². The Kier molecular flexibility index (Phi) is 5.71. The van der Waals surface area contributed by atoms with E-state index in [1.807, 2.05) is 13.8 Å². The Hall–Kier alpha value is -1.63. The first-order chi connectivity index (χ1) is 9.73. The molecule has 5 nitrogen and oxygen atoms in total. The molecule has 0 aliphatic rings. The summed E-state index contributed by atoms with van der Waals surface area (Å²) in [6.07, 6.45) is 1.40. The van der Waals surface area contributed by atoms with Gasteiger partial charge >= 0.3 is 0 Å². The van der Waals surface area contributed by atoms with Gasteiger partial charge in [0.25, 0.3) is 0 Å². The van der Waals surface area contributed by atoms with Crippen LogP contribution >= 0.6 is 0 Å². The number of carbonyl (C=O) groups excluding carboxylic acids is 1. The number of anilines is 1. The first kappa shape index (κ1) is 17.4. The molecule has 0 heterocycles. The third-order valence-corrected chi connectivity index (χ3v) is 5.52. The fourth-order valence-corrected chi connectivity index (χ4v) is 3.21. The summed E-state index contributed by atoms with van der Waals surface area (Å²) < 4.78 is 38.4. The number of amides is 1. The van der Waals surface area contributed by atoms with Crippen LogP contribution < -0.4 is 11.1 Å². The molecule has 1 unspecified atom stereocenters. The second kappa shape index (κ2) is 6.89. The molecule has 0 fully saturated rings. The van der Waals surface area contributed by atoms with E-state index in [4.69, 9.17) is 5.73 Å². The van der Waals surface area contributed by atoms with E-state index in [0.717, 1.165) is 12.1 Å². The monoisotopic (exact) mass is 316 g/mol. The summed E-state index contributed by atoms with van der Waals surface area (Å²) in [6.45, 7) is 5.04. The minimum Gasteiger partial charge on any atom is -0.399 e. The highest BCUT2D eigenvalue weighted by atomic mass is 32.2. The highest BCUT2D eigenvalue weighted by Crippen LogP contribution is 2.22. The van der Waals surface area contributed by atoms with Crippen molar-refractivity contribution >= 4 is 21.4 Å². The number of sulfone groups is 1. The summed E-state index contributed by atoms with van der Waals surface area (Å²) >= 11 is 0. The molecule has 118 valence electrons. The summed E-state index contributed by atoms with van der Waals surface area (Å²) in [5.41, 5.74) is 5.52. The molecule has 0 saturated carbocycles. The fraction of sp³-hybridized carbons (Fsp3) is 0.500. The van der Waals surface area contributed by atoms with Crippen LogP contribution in [0.4, 0.5) is 10.1 Å². The van der Waals surface area contributed by atoms with Gasteiger partial charge in [0.1, 0.15) is 16.0 Å². The maximum atomic E-state index is 13.8. The third-order valence-electron chi connectivity index (χ3n) is 3.43. The summed E-state index contributed by atoms with van der Waals surface area (Å²) in [4.78, 5) is 11.5. The van der Waals surface area contributed by atoms with Gasteiger partial charge in [-0.15, -0.1) is 0 Å². The lowest BCUT2D eigenvalue weighted by atomic mass is 10.2. The van der Waals surface area contributed by atoms with Gasteiger partial charge in [0, 0.05) is 11.7 Å². The lowest BCUT2D eigenvalue weighted by molar-refractivity contribution is -0.121. The van der Waals surface area contributed by atoms with Gasteiger partial charge in [0.2, 0.25) is 5.91 Å². The zero-order chi connectivity index (χ0) is 16.2. The van der Waals surface area contributed by atoms with E-state index in [-0.39, 0.29) is 11.7 Å². The highest BCUT2D eigenvalue weighted by molar-refractivity contribution is 7.92. The average molecular weight is 316 g/mol. The number of nitrogens with two attached hydrogens (primary N) is 1.